The lowest BCUT2D eigenvalue weighted by atomic mass is 10.2. The summed E-state index contributed by atoms with van der Waals surface area (Å²) in [4.78, 5) is 16.8. The molecule has 6 nitrogen and oxygen atoms in total. The van der Waals surface area contributed by atoms with Crippen molar-refractivity contribution in [3.05, 3.63) is 52.9 Å². The SMILES string of the molecule is Cc1ccc(CNC(=O)c2snc(-c3ccccn3)c2N)o1. The Hall–Kier alpha value is -2.67. The number of pyridine rings is 1. The number of amides is 1. The molecular weight excluding hydrogens is 300 g/mol. The summed E-state index contributed by atoms with van der Waals surface area (Å²) < 4.78 is 9.64. The predicted molar refractivity (Wildman–Crippen MR) is 84.4 cm³/mol. The molecule has 0 bridgehead atoms. The predicted octanol–water partition coefficient (Wildman–Crippen LogP) is 2.62. The van der Waals surface area contributed by atoms with E-state index in [-0.39, 0.29) is 5.91 Å². The quantitative estimate of drug-likeness (QED) is 0.772. The minimum atomic E-state index is -0.272. The molecule has 3 rings (SSSR count). The molecule has 1 amide bonds. The second-order valence-corrected chi connectivity index (χ2v) is 5.46. The Morgan fingerprint density at radius 2 is 2.23 bits per heavy atom. The van der Waals surface area contributed by atoms with Gasteiger partial charge in [0, 0.05) is 6.20 Å². The number of aromatic nitrogens is 2. The summed E-state index contributed by atoms with van der Waals surface area (Å²) in [7, 11) is 0. The molecule has 0 spiro atoms. The highest BCUT2D eigenvalue weighted by Crippen LogP contribution is 2.29. The van der Waals surface area contributed by atoms with E-state index in [0.29, 0.717) is 34.3 Å². The highest BCUT2D eigenvalue weighted by molar-refractivity contribution is 7.09. The van der Waals surface area contributed by atoms with Crippen molar-refractivity contribution in [2.24, 2.45) is 0 Å². The number of hydrogen-bond donors (Lipinski definition) is 2. The van der Waals surface area contributed by atoms with Gasteiger partial charge in [-0.2, -0.15) is 4.37 Å². The molecule has 0 aliphatic carbocycles. The van der Waals surface area contributed by atoms with Gasteiger partial charge in [-0.1, -0.05) is 6.07 Å². The smallest absolute Gasteiger partial charge is 0.265 e. The van der Waals surface area contributed by atoms with Crippen molar-refractivity contribution in [1.82, 2.24) is 14.7 Å². The Morgan fingerprint density at radius 1 is 1.36 bits per heavy atom. The molecular formula is C15H14N4O2S. The summed E-state index contributed by atoms with van der Waals surface area (Å²) in [5.74, 6) is 1.23. The van der Waals surface area contributed by atoms with Crippen molar-refractivity contribution in [2.45, 2.75) is 13.5 Å². The first-order chi connectivity index (χ1) is 10.6. The van der Waals surface area contributed by atoms with Crippen LogP contribution in [0.3, 0.4) is 0 Å². The van der Waals surface area contributed by atoms with Crippen molar-refractivity contribution in [1.29, 1.82) is 0 Å². The van der Waals surface area contributed by atoms with Crippen molar-refractivity contribution in [2.75, 3.05) is 5.73 Å². The third-order valence-electron chi connectivity index (χ3n) is 3.06. The molecule has 0 fully saturated rings. The van der Waals surface area contributed by atoms with Crippen LogP contribution in [0.4, 0.5) is 5.69 Å². The molecule has 0 radical (unpaired) electrons. The summed E-state index contributed by atoms with van der Waals surface area (Å²) in [6, 6.07) is 9.14. The molecule has 3 aromatic heterocycles. The zero-order valence-corrected chi connectivity index (χ0v) is 12.7. The van der Waals surface area contributed by atoms with Crippen molar-refractivity contribution >= 4 is 23.1 Å². The second kappa shape index (κ2) is 5.98. The normalized spacial score (nSPS) is 10.6. The third-order valence-corrected chi connectivity index (χ3v) is 3.92. The number of nitrogen functional groups attached to an aromatic ring is 1. The lowest BCUT2D eigenvalue weighted by Gasteiger charge is -2.02. The number of aryl methyl sites for hydroxylation is 1. The van der Waals surface area contributed by atoms with Gasteiger partial charge in [0.1, 0.15) is 22.1 Å². The number of nitrogens with one attached hydrogen (secondary N) is 1. The molecule has 3 aromatic rings. The van der Waals surface area contributed by atoms with Gasteiger partial charge in [-0.05, 0) is 42.7 Å². The maximum absolute atomic E-state index is 12.2. The van der Waals surface area contributed by atoms with Crippen LogP contribution in [0.15, 0.2) is 40.9 Å². The first-order valence-corrected chi connectivity index (χ1v) is 7.42. The van der Waals surface area contributed by atoms with Crippen LogP contribution in [0.25, 0.3) is 11.4 Å². The van der Waals surface area contributed by atoms with Gasteiger partial charge in [0.2, 0.25) is 0 Å². The summed E-state index contributed by atoms with van der Waals surface area (Å²) in [6.07, 6.45) is 1.66. The highest BCUT2D eigenvalue weighted by Gasteiger charge is 2.19. The number of nitrogens with zero attached hydrogens (tertiary/aromatic N) is 2. The molecule has 22 heavy (non-hydrogen) atoms. The molecule has 0 saturated heterocycles. The second-order valence-electron chi connectivity index (χ2n) is 4.68. The molecule has 0 aromatic carbocycles. The molecule has 0 aliphatic rings. The molecule has 3 heterocycles. The largest absolute Gasteiger partial charge is 0.465 e. The first-order valence-electron chi connectivity index (χ1n) is 6.65. The van der Waals surface area contributed by atoms with E-state index in [2.05, 4.69) is 14.7 Å². The zero-order chi connectivity index (χ0) is 15.5. The van der Waals surface area contributed by atoms with E-state index in [0.717, 1.165) is 17.3 Å². The van der Waals surface area contributed by atoms with Gasteiger partial charge in [-0.25, -0.2) is 0 Å². The fourth-order valence-corrected chi connectivity index (χ4v) is 2.70. The zero-order valence-electron chi connectivity index (χ0n) is 11.9. The summed E-state index contributed by atoms with van der Waals surface area (Å²) in [5.41, 5.74) is 7.56. The third kappa shape index (κ3) is 2.84. The van der Waals surface area contributed by atoms with Crippen LogP contribution in [0.1, 0.15) is 21.2 Å². The van der Waals surface area contributed by atoms with Gasteiger partial charge in [-0.3, -0.25) is 9.78 Å². The van der Waals surface area contributed by atoms with Gasteiger partial charge in [0.15, 0.2) is 0 Å². The van der Waals surface area contributed by atoms with Gasteiger partial charge in [0.05, 0.1) is 17.9 Å². The number of nitrogens with two attached hydrogens (primary N) is 1. The number of hydrogen-bond acceptors (Lipinski definition) is 6. The summed E-state index contributed by atoms with van der Waals surface area (Å²) in [6.45, 7) is 2.16. The number of furan rings is 1. The lowest BCUT2D eigenvalue weighted by molar-refractivity contribution is 0.0952. The molecule has 3 N–H and O–H groups in total. The van der Waals surface area contributed by atoms with E-state index in [1.807, 2.05) is 31.2 Å². The Bertz CT molecular complexity index is 795. The van der Waals surface area contributed by atoms with Crippen LogP contribution in [0.2, 0.25) is 0 Å². The van der Waals surface area contributed by atoms with Crippen molar-refractivity contribution in [3.63, 3.8) is 0 Å². The average Bonchev–Trinajstić information content (AvgIpc) is 3.12. The van der Waals surface area contributed by atoms with E-state index in [1.54, 1.807) is 12.3 Å². The number of carbonyl (C=O) groups excluding carboxylic acids is 1. The molecule has 112 valence electrons. The molecule has 0 unspecified atom stereocenters. The van der Waals surface area contributed by atoms with E-state index in [4.69, 9.17) is 10.2 Å². The maximum Gasteiger partial charge on any atom is 0.265 e. The topological polar surface area (TPSA) is 94.0 Å². The summed E-state index contributed by atoms with van der Waals surface area (Å²) in [5, 5.41) is 2.77. The van der Waals surface area contributed by atoms with Crippen molar-refractivity contribution < 1.29 is 9.21 Å². The van der Waals surface area contributed by atoms with Crippen LogP contribution in [-0.2, 0) is 6.54 Å². The van der Waals surface area contributed by atoms with Gasteiger partial charge < -0.3 is 15.5 Å². The Labute approximate surface area is 131 Å². The minimum absolute atomic E-state index is 0.272. The number of rotatable bonds is 4. The number of anilines is 1. The van der Waals surface area contributed by atoms with E-state index in [9.17, 15) is 4.79 Å². The van der Waals surface area contributed by atoms with Crippen LogP contribution in [0.5, 0.6) is 0 Å². The lowest BCUT2D eigenvalue weighted by Crippen LogP contribution is -2.22. The first kappa shape index (κ1) is 14.3. The standard InChI is InChI=1S/C15H14N4O2S/c1-9-5-6-10(21-9)8-18-15(20)14-12(16)13(19-22-14)11-4-2-3-7-17-11/h2-7H,8,16H2,1H3,(H,18,20). The van der Waals surface area contributed by atoms with Crippen LogP contribution in [0, 0.1) is 6.92 Å². The fourth-order valence-electron chi connectivity index (χ4n) is 1.98. The van der Waals surface area contributed by atoms with Crippen molar-refractivity contribution in [3.8, 4) is 11.4 Å². The number of carbonyl (C=O) groups is 1. The van der Waals surface area contributed by atoms with Gasteiger partial charge >= 0.3 is 0 Å². The minimum Gasteiger partial charge on any atom is -0.465 e. The monoisotopic (exact) mass is 314 g/mol. The van der Waals surface area contributed by atoms with E-state index >= 15 is 0 Å². The Balaban J connectivity index is 1.75. The fraction of sp³-hybridized carbons (Fsp3) is 0.133. The van der Waals surface area contributed by atoms with Crippen LogP contribution < -0.4 is 11.1 Å². The Kier molecular flexibility index (Phi) is 3.88. The van der Waals surface area contributed by atoms with Gasteiger partial charge in [0.25, 0.3) is 5.91 Å². The van der Waals surface area contributed by atoms with E-state index < -0.39 is 0 Å². The molecule has 7 heteroatoms. The molecule has 0 aliphatic heterocycles. The van der Waals surface area contributed by atoms with Crippen LogP contribution >= 0.6 is 11.5 Å². The summed E-state index contributed by atoms with van der Waals surface area (Å²) >= 11 is 1.06. The average molecular weight is 314 g/mol. The van der Waals surface area contributed by atoms with Gasteiger partial charge in [-0.15, -0.1) is 0 Å². The van der Waals surface area contributed by atoms with E-state index in [1.165, 1.54) is 0 Å². The molecule has 0 atom stereocenters. The van der Waals surface area contributed by atoms with Crippen LogP contribution in [-0.4, -0.2) is 15.3 Å². The Morgan fingerprint density at radius 3 is 2.91 bits per heavy atom. The maximum atomic E-state index is 12.2. The molecule has 0 saturated carbocycles. The highest BCUT2D eigenvalue weighted by atomic mass is 32.1.